The van der Waals surface area contributed by atoms with Crippen LogP contribution in [0.2, 0.25) is 0 Å². The summed E-state index contributed by atoms with van der Waals surface area (Å²) >= 11 is 0. The van der Waals surface area contributed by atoms with E-state index in [4.69, 9.17) is 16.6 Å². The van der Waals surface area contributed by atoms with Gasteiger partial charge in [0.1, 0.15) is 23.9 Å². The summed E-state index contributed by atoms with van der Waals surface area (Å²) in [5.41, 5.74) is 10.6. The van der Waals surface area contributed by atoms with Crippen LogP contribution in [0.4, 0.5) is 0 Å². The molecule has 0 aliphatic heterocycles. The van der Waals surface area contributed by atoms with E-state index in [0.29, 0.717) is 5.56 Å². The lowest BCUT2D eigenvalue weighted by Gasteiger charge is -2.24. The van der Waals surface area contributed by atoms with Gasteiger partial charge in [-0.25, -0.2) is 4.79 Å². The van der Waals surface area contributed by atoms with E-state index in [2.05, 4.69) is 16.0 Å². The van der Waals surface area contributed by atoms with Crippen LogP contribution in [0.5, 0.6) is 5.75 Å². The molecule has 1 rings (SSSR count). The van der Waals surface area contributed by atoms with Crippen molar-refractivity contribution in [2.75, 3.05) is 6.54 Å². The number of phenols is 1. The molecule has 0 aliphatic carbocycles. The summed E-state index contributed by atoms with van der Waals surface area (Å²) in [6.45, 7) is -0.520. The molecule has 3 unspecified atom stereocenters. The van der Waals surface area contributed by atoms with Gasteiger partial charge in [-0.15, -0.1) is 0 Å². The summed E-state index contributed by atoms with van der Waals surface area (Å²) in [6.07, 6.45) is -1.73. The van der Waals surface area contributed by atoms with Crippen LogP contribution >= 0.6 is 0 Å². The van der Waals surface area contributed by atoms with E-state index in [0.717, 1.165) is 0 Å². The summed E-state index contributed by atoms with van der Waals surface area (Å²) in [6, 6.07) is 0.802. The molecule has 0 fully saturated rings. The van der Waals surface area contributed by atoms with Crippen molar-refractivity contribution < 1.29 is 44.1 Å². The second kappa shape index (κ2) is 12.6. The average Bonchev–Trinajstić information content (AvgIpc) is 2.72. The van der Waals surface area contributed by atoms with Gasteiger partial charge in [0.15, 0.2) is 0 Å². The molecule has 0 radical (unpaired) electrons. The number of benzene rings is 1. The van der Waals surface area contributed by atoms with E-state index < -0.39 is 73.1 Å². The second-order valence-electron chi connectivity index (χ2n) is 6.92. The van der Waals surface area contributed by atoms with Gasteiger partial charge in [-0.05, 0) is 17.7 Å². The largest absolute Gasteiger partial charge is 0.508 e. The first kappa shape index (κ1) is 26.8. The van der Waals surface area contributed by atoms with E-state index in [9.17, 15) is 39.0 Å². The topological polar surface area (TPSA) is 251 Å². The number of aliphatic carboxylic acids is 2. The smallest absolute Gasteiger partial charge is 0.326 e. The highest BCUT2D eigenvalue weighted by atomic mass is 16.4. The maximum Gasteiger partial charge on any atom is 0.326 e. The summed E-state index contributed by atoms with van der Waals surface area (Å²) in [5, 5.41) is 34.1. The van der Waals surface area contributed by atoms with Crippen LogP contribution in [-0.4, -0.2) is 75.6 Å². The molecular formula is C19H25N5O9. The molecule has 4 amide bonds. The molecule has 0 aromatic heterocycles. The fraction of sp³-hybridized carbons (Fsp3) is 0.368. The Balaban J connectivity index is 3.14. The molecular weight excluding hydrogens is 442 g/mol. The number of carbonyl (C=O) groups is 6. The minimum Gasteiger partial charge on any atom is -0.508 e. The number of nitrogens with one attached hydrogen (secondary N) is 3. The highest BCUT2D eigenvalue weighted by molar-refractivity contribution is 5.95. The molecule has 1 aromatic carbocycles. The predicted octanol–water partition coefficient (Wildman–Crippen LogP) is -3.22. The molecule has 0 saturated heterocycles. The van der Waals surface area contributed by atoms with Crippen molar-refractivity contribution in [2.24, 2.45) is 11.5 Å². The molecule has 14 nitrogen and oxygen atoms in total. The Bertz CT molecular complexity index is 903. The normalized spacial score (nSPS) is 13.1. The van der Waals surface area contributed by atoms with E-state index in [1.807, 2.05) is 0 Å². The van der Waals surface area contributed by atoms with Crippen molar-refractivity contribution in [3.63, 3.8) is 0 Å². The SMILES string of the molecule is NCC(=O)NC(CC(=O)O)C(=O)NC(Cc1ccc(O)cc1)C(=O)NC(CC(N)=O)C(=O)O. The summed E-state index contributed by atoms with van der Waals surface area (Å²) in [7, 11) is 0. The summed E-state index contributed by atoms with van der Waals surface area (Å²) in [5.74, 6) is -6.89. The third kappa shape index (κ3) is 9.65. The van der Waals surface area contributed by atoms with Gasteiger partial charge in [0.25, 0.3) is 0 Å². The number of hydrogen-bond acceptors (Lipinski definition) is 8. The van der Waals surface area contributed by atoms with Crippen molar-refractivity contribution in [1.29, 1.82) is 0 Å². The first-order chi connectivity index (χ1) is 15.4. The van der Waals surface area contributed by atoms with Gasteiger partial charge in [0.2, 0.25) is 23.6 Å². The number of phenolic OH excluding ortho intramolecular Hbond substituents is 1. The number of primary amides is 1. The molecule has 180 valence electrons. The third-order valence-electron chi connectivity index (χ3n) is 4.24. The van der Waals surface area contributed by atoms with Crippen LogP contribution in [0, 0.1) is 0 Å². The van der Waals surface area contributed by atoms with Crippen LogP contribution < -0.4 is 27.4 Å². The lowest BCUT2D eigenvalue weighted by molar-refractivity contribution is -0.144. The average molecular weight is 467 g/mol. The Morgan fingerprint density at radius 1 is 0.818 bits per heavy atom. The van der Waals surface area contributed by atoms with E-state index >= 15 is 0 Å². The first-order valence-corrected chi connectivity index (χ1v) is 9.53. The number of amides is 4. The van der Waals surface area contributed by atoms with Gasteiger partial charge < -0.3 is 42.7 Å². The van der Waals surface area contributed by atoms with E-state index in [-0.39, 0.29) is 12.2 Å². The number of nitrogens with two attached hydrogens (primary N) is 2. The maximum atomic E-state index is 12.8. The molecule has 0 spiro atoms. The second-order valence-corrected chi connectivity index (χ2v) is 6.92. The summed E-state index contributed by atoms with van der Waals surface area (Å²) in [4.78, 5) is 70.5. The van der Waals surface area contributed by atoms with Crippen molar-refractivity contribution >= 4 is 35.6 Å². The first-order valence-electron chi connectivity index (χ1n) is 9.53. The van der Waals surface area contributed by atoms with Crippen LogP contribution in [-0.2, 0) is 35.2 Å². The van der Waals surface area contributed by atoms with E-state index in [1.54, 1.807) is 0 Å². The third-order valence-corrected chi connectivity index (χ3v) is 4.24. The minimum atomic E-state index is -1.68. The Labute approximate surface area is 187 Å². The zero-order valence-electron chi connectivity index (χ0n) is 17.3. The Hall–Kier alpha value is -4.20. The summed E-state index contributed by atoms with van der Waals surface area (Å²) < 4.78 is 0. The molecule has 14 heteroatoms. The van der Waals surface area contributed by atoms with Crippen LogP contribution in [0.15, 0.2) is 24.3 Å². The van der Waals surface area contributed by atoms with Gasteiger partial charge in [-0.1, -0.05) is 12.1 Å². The van der Waals surface area contributed by atoms with Crippen molar-refractivity contribution in [2.45, 2.75) is 37.4 Å². The lowest BCUT2D eigenvalue weighted by atomic mass is 10.0. The van der Waals surface area contributed by atoms with Crippen molar-refractivity contribution in [1.82, 2.24) is 16.0 Å². The van der Waals surface area contributed by atoms with Gasteiger partial charge in [-0.2, -0.15) is 0 Å². The highest BCUT2D eigenvalue weighted by Gasteiger charge is 2.31. The van der Waals surface area contributed by atoms with Crippen LogP contribution in [0.25, 0.3) is 0 Å². The van der Waals surface area contributed by atoms with E-state index in [1.165, 1.54) is 24.3 Å². The Morgan fingerprint density at radius 3 is 1.85 bits per heavy atom. The van der Waals surface area contributed by atoms with Gasteiger partial charge in [0, 0.05) is 6.42 Å². The molecule has 0 bridgehead atoms. The number of aromatic hydroxyl groups is 1. The fourth-order valence-corrected chi connectivity index (χ4v) is 2.66. The Morgan fingerprint density at radius 2 is 1.36 bits per heavy atom. The van der Waals surface area contributed by atoms with Crippen LogP contribution in [0.1, 0.15) is 18.4 Å². The van der Waals surface area contributed by atoms with Crippen molar-refractivity contribution in [3.05, 3.63) is 29.8 Å². The zero-order chi connectivity index (χ0) is 25.1. The predicted molar refractivity (Wildman–Crippen MR) is 110 cm³/mol. The van der Waals surface area contributed by atoms with Gasteiger partial charge in [-0.3, -0.25) is 24.0 Å². The maximum absolute atomic E-state index is 12.8. The minimum absolute atomic E-state index is 0.0674. The number of carboxylic acids is 2. The van der Waals surface area contributed by atoms with Crippen molar-refractivity contribution in [3.8, 4) is 5.75 Å². The standard InChI is InChI=1S/C19H25N5O9/c20-8-15(27)22-12(7-16(28)29)18(31)23-11(5-9-1-3-10(25)4-2-9)17(30)24-13(19(32)33)6-14(21)26/h1-4,11-13,25H,5-8,20H2,(H2,21,26)(H,22,27)(H,23,31)(H,24,30)(H,28,29)(H,32,33). The molecule has 1 aromatic rings. The molecule has 10 N–H and O–H groups in total. The number of carboxylic acid groups (broad SMARTS) is 2. The molecule has 0 saturated carbocycles. The number of carbonyl (C=O) groups excluding carboxylic acids is 4. The molecule has 0 heterocycles. The fourth-order valence-electron chi connectivity index (χ4n) is 2.66. The van der Waals surface area contributed by atoms with Crippen LogP contribution in [0.3, 0.4) is 0 Å². The zero-order valence-corrected chi connectivity index (χ0v) is 17.3. The number of rotatable bonds is 13. The van der Waals surface area contributed by atoms with Gasteiger partial charge >= 0.3 is 11.9 Å². The molecule has 0 aliphatic rings. The Kier molecular flexibility index (Phi) is 10.3. The number of hydrogen-bond donors (Lipinski definition) is 8. The highest BCUT2D eigenvalue weighted by Crippen LogP contribution is 2.12. The quantitative estimate of drug-likeness (QED) is 0.144. The lowest BCUT2D eigenvalue weighted by Crippen LogP contribution is -2.57. The molecule has 33 heavy (non-hydrogen) atoms. The molecule has 3 atom stereocenters. The van der Waals surface area contributed by atoms with Gasteiger partial charge in [0.05, 0.1) is 19.4 Å². The monoisotopic (exact) mass is 467 g/mol.